The Morgan fingerprint density at radius 2 is 0.803 bits per heavy atom. The summed E-state index contributed by atoms with van der Waals surface area (Å²) in [4.78, 5) is 2.32. The maximum absolute atomic E-state index is 6.84. The molecule has 0 N–H and O–H groups in total. The Hall–Kier alpha value is -8.14. The fourth-order valence-electron chi connectivity index (χ4n) is 9.01. The molecule has 0 aliphatic heterocycles. The van der Waals surface area contributed by atoms with E-state index in [4.69, 9.17) is 8.83 Å². The predicted octanol–water partition coefficient (Wildman–Crippen LogP) is 16.8. The molecule has 0 saturated heterocycles. The molecule has 0 saturated carbocycles. The van der Waals surface area contributed by atoms with Crippen LogP contribution in [0.1, 0.15) is 0 Å². The lowest BCUT2D eigenvalue weighted by Gasteiger charge is -2.26. The SMILES string of the molecule is c1ccc(-c2ccc(N(c3ccc(-c4ccc(-c5ccc6ccccc6c5)cc4)cc3)c3ccc(-c4ccc5oc6ccccc6c5c4)cc3)c3oc4ccccc4c23)cc1. The minimum Gasteiger partial charge on any atom is -0.456 e. The molecule has 0 aliphatic carbocycles. The first-order chi connectivity index (χ1) is 30.2. The van der Waals surface area contributed by atoms with Gasteiger partial charge in [0.1, 0.15) is 16.7 Å². The Morgan fingerprint density at radius 1 is 0.295 bits per heavy atom. The number of hydrogen-bond donors (Lipinski definition) is 0. The van der Waals surface area contributed by atoms with Crippen LogP contribution in [0.15, 0.2) is 233 Å². The van der Waals surface area contributed by atoms with Crippen molar-refractivity contribution >= 4 is 71.7 Å². The zero-order chi connectivity index (χ0) is 40.3. The zero-order valence-corrected chi connectivity index (χ0v) is 33.1. The number of furan rings is 2. The van der Waals surface area contributed by atoms with E-state index >= 15 is 0 Å². The lowest BCUT2D eigenvalue weighted by molar-refractivity contribution is 0.668. The highest BCUT2D eigenvalue weighted by Gasteiger charge is 2.22. The van der Waals surface area contributed by atoms with Crippen LogP contribution in [-0.2, 0) is 0 Å². The summed E-state index contributed by atoms with van der Waals surface area (Å²) in [6, 6.07) is 79.9. The molecule has 12 rings (SSSR count). The van der Waals surface area contributed by atoms with E-state index in [0.29, 0.717) is 0 Å². The quantitative estimate of drug-likeness (QED) is 0.161. The Kier molecular flexibility index (Phi) is 8.17. The van der Waals surface area contributed by atoms with Gasteiger partial charge < -0.3 is 13.7 Å². The van der Waals surface area contributed by atoms with Gasteiger partial charge in [-0.3, -0.25) is 0 Å². The molecule has 61 heavy (non-hydrogen) atoms. The van der Waals surface area contributed by atoms with Crippen molar-refractivity contribution in [1.29, 1.82) is 0 Å². The fraction of sp³-hybridized carbons (Fsp3) is 0. The van der Waals surface area contributed by atoms with E-state index in [1.165, 1.54) is 27.5 Å². The third-order valence-electron chi connectivity index (χ3n) is 12.1. The molecule has 3 heteroatoms. The average molecular weight is 780 g/mol. The molecule has 2 aromatic heterocycles. The van der Waals surface area contributed by atoms with E-state index in [9.17, 15) is 0 Å². The van der Waals surface area contributed by atoms with Gasteiger partial charge in [0.25, 0.3) is 0 Å². The molecule has 0 amide bonds. The maximum Gasteiger partial charge on any atom is 0.160 e. The van der Waals surface area contributed by atoms with Crippen molar-refractivity contribution in [2.45, 2.75) is 0 Å². The maximum atomic E-state index is 6.84. The number of rotatable bonds is 7. The van der Waals surface area contributed by atoms with Crippen molar-refractivity contribution in [2.75, 3.05) is 4.90 Å². The standard InChI is InChI=1S/C58H37NO2/c1-2-11-43(12-3-1)49-33-34-53(58-57(49)51-15-7-9-17-55(51)61-58)59(48-31-26-42(27-32-48)46-28-35-56-52(37-46)50-14-6-8-16-54(50)60-56)47-29-24-40(25-30-47)39-18-20-41(21-19-39)45-23-22-38-10-4-5-13-44(38)36-45/h1-37H. The molecule has 2 heterocycles. The second kappa shape index (κ2) is 14.3. The summed E-state index contributed by atoms with van der Waals surface area (Å²) >= 11 is 0. The minimum absolute atomic E-state index is 0.845. The number of benzene rings is 10. The third-order valence-corrected chi connectivity index (χ3v) is 12.1. The topological polar surface area (TPSA) is 29.5 Å². The summed E-state index contributed by atoms with van der Waals surface area (Å²) in [5, 5.41) is 6.94. The van der Waals surface area contributed by atoms with E-state index in [1.54, 1.807) is 0 Å². The van der Waals surface area contributed by atoms with Gasteiger partial charge in [-0.25, -0.2) is 0 Å². The first kappa shape index (κ1) is 34.9. The van der Waals surface area contributed by atoms with Gasteiger partial charge in [0.15, 0.2) is 5.58 Å². The summed E-state index contributed by atoms with van der Waals surface area (Å²) in [7, 11) is 0. The van der Waals surface area contributed by atoms with Gasteiger partial charge in [-0.15, -0.1) is 0 Å². The van der Waals surface area contributed by atoms with E-state index in [-0.39, 0.29) is 0 Å². The van der Waals surface area contributed by atoms with Crippen LogP contribution in [-0.4, -0.2) is 0 Å². The molecule has 10 aromatic carbocycles. The van der Waals surface area contributed by atoms with Crippen molar-refractivity contribution in [1.82, 2.24) is 0 Å². The van der Waals surface area contributed by atoms with Gasteiger partial charge in [0.05, 0.1) is 5.69 Å². The fourth-order valence-corrected chi connectivity index (χ4v) is 9.01. The molecular formula is C58H37NO2. The normalized spacial score (nSPS) is 11.6. The lowest BCUT2D eigenvalue weighted by atomic mass is 9.97. The van der Waals surface area contributed by atoms with Gasteiger partial charge >= 0.3 is 0 Å². The number of hydrogen-bond acceptors (Lipinski definition) is 3. The largest absolute Gasteiger partial charge is 0.456 e. The minimum atomic E-state index is 0.845. The molecule has 3 nitrogen and oxygen atoms in total. The first-order valence-corrected chi connectivity index (χ1v) is 20.7. The van der Waals surface area contributed by atoms with Gasteiger partial charge in [0, 0.05) is 32.9 Å². The van der Waals surface area contributed by atoms with Crippen LogP contribution < -0.4 is 4.90 Å². The highest BCUT2D eigenvalue weighted by atomic mass is 16.3. The van der Waals surface area contributed by atoms with Crippen LogP contribution in [0.4, 0.5) is 17.1 Å². The molecule has 0 spiro atoms. The Morgan fingerprint density at radius 3 is 1.51 bits per heavy atom. The third kappa shape index (κ3) is 6.06. The smallest absolute Gasteiger partial charge is 0.160 e. The molecule has 0 aliphatic rings. The molecular weight excluding hydrogens is 743 g/mol. The predicted molar refractivity (Wildman–Crippen MR) is 255 cm³/mol. The van der Waals surface area contributed by atoms with Gasteiger partial charge in [0.2, 0.25) is 0 Å². The van der Waals surface area contributed by atoms with Crippen molar-refractivity contribution < 1.29 is 8.83 Å². The van der Waals surface area contributed by atoms with Gasteiger partial charge in [-0.2, -0.15) is 0 Å². The van der Waals surface area contributed by atoms with Crippen LogP contribution >= 0.6 is 0 Å². The average Bonchev–Trinajstić information content (AvgIpc) is 3.91. The second-order valence-corrected chi connectivity index (χ2v) is 15.7. The monoisotopic (exact) mass is 779 g/mol. The molecule has 286 valence electrons. The van der Waals surface area contributed by atoms with Crippen molar-refractivity contribution in [3.8, 4) is 44.5 Å². The molecule has 0 atom stereocenters. The van der Waals surface area contributed by atoms with Gasteiger partial charge in [-0.05, 0) is 116 Å². The van der Waals surface area contributed by atoms with Crippen LogP contribution in [0.3, 0.4) is 0 Å². The van der Waals surface area contributed by atoms with E-state index in [1.807, 2.05) is 18.2 Å². The van der Waals surface area contributed by atoms with Crippen molar-refractivity contribution in [2.24, 2.45) is 0 Å². The molecule has 0 fully saturated rings. The number of nitrogens with zero attached hydrogens (tertiary/aromatic N) is 1. The summed E-state index contributed by atoms with van der Waals surface area (Å²) in [6.07, 6.45) is 0. The Bertz CT molecular complexity index is 3560. The molecule has 0 radical (unpaired) electrons. The van der Waals surface area contributed by atoms with E-state index < -0.39 is 0 Å². The van der Waals surface area contributed by atoms with E-state index in [0.717, 1.165) is 88.8 Å². The second-order valence-electron chi connectivity index (χ2n) is 15.7. The summed E-state index contributed by atoms with van der Waals surface area (Å²) in [5.41, 5.74) is 15.8. The molecule has 0 bridgehead atoms. The number of para-hydroxylation sites is 2. The highest BCUT2D eigenvalue weighted by Crippen LogP contribution is 2.46. The zero-order valence-electron chi connectivity index (χ0n) is 33.1. The first-order valence-electron chi connectivity index (χ1n) is 20.7. The van der Waals surface area contributed by atoms with Gasteiger partial charge in [-0.1, -0.05) is 164 Å². The molecule has 12 aromatic rings. The van der Waals surface area contributed by atoms with Crippen molar-refractivity contribution in [3.05, 3.63) is 224 Å². The number of anilines is 3. The summed E-state index contributed by atoms with van der Waals surface area (Å²) < 4.78 is 13.0. The molecule has 0 unspecified atom stereocenters. The summed E-state index contributed by atoms with van der Waals surface area (Å²) in [5.74, 6) is 0. The Balaban J connectivity index is 0.961. The van der Waals surface area contributed by atoms with Crippen LogP contribution in [0.5, 0.6) is 0 Å². The van der Waals surface area contributed by atoms with E-state index in [2.05, 4.69) is 211 Å². The van der Waals surface area contributed by atoms with Crippen molar-refractivity contribution in [3.63, 3.8) is 0 Å². The van der Waals surface area contributed by atoms with Crippen LogP contribution in [0, 0.1) is 0 Å². The summed E-state index contributed by atoms with van der Waals surface area (Å²) in [6.45, 7) is 0. The number of fused-ring (bicyclic) bond motifs is 7. The highest BCUT2D eigenvalue weighted by molar-refractivity contribution is 6.17. The Labute approximate surface area is 353 Å². The lowest BCUT2D eigenvalue weighted by Crippen LogP contribution is -2.10. The van der Waals surface area contributed by atoms with Crippen LogP contribution in [0.2, 0.25) is 0 Å². The van der Waals surface area contributed by atoms with Crippen LogP contribution in [0.25, 0.3) is 99.2 Å².